The number of carbonyl (C=O) groups is 1. The van der Waals surface area contributed by atoms with Crippen LogP contribution in [0.5, 0.6) is 0 Å². The number of rotatable bonds is 4. The van der Waals surface area contributed by atoms with E-state index in [1.807, 2.05) is 35.2 Å². The highest BCUT2D eigenvalue weighted by atomic mass is 32.1. The molecule has 0 amide bonds. The minimum absolute atomic E-state index is 0.260. The molecule has 2 rings (SSSR count). The molecule has 0 unspecified atom stereocenters. The summed E-state index contributed by atoms with van der Waals surface area (Å²) in [6.45, 7) is 2.94. The van der Waals surface area contributed by atoms with E-state index in [2.05, 4.69) is 6.07 Å². The first-order chi connectivity index (χ1) is 7.81. The Balaban J connectivity index is 2.16. The number of carbonyl (C=O) groups excluding carboxylic acids is 1. The molecule has 0 saturated heterocycles. The largest absolute Gasteiger partial charge is 0.461 e. The number of hydrogen-bond donors (Lipinski definition) is 0. The van der Waals surface area contributed by atoms with Crippen LogP contribution in [0.4, 0.5) is 0 Å². The first-order valence-electron chi connectivity index (χ1n) is 5.16. The third-order valence-corrected chi connectivity index (χ3v) is 3.08. The summed E-state index contributed by atoms with van der Waals surface area (Å²) < 4.78 is 6.90. The summed E-state index contributed by atoms with van der Waals surface area (Å²) >= 11 is 1.68. The van der Waals surface area contributed by atoms with Crippen molar-refractivity contribution in [2.75, 3.05) is 6.61 Å². The van der Waals surface area contributed by atoms with E-state index in [-0.39, 0.29) is 5.97 Å². The second kappa shape index (κ2) is 4.99. The Kier molecular flexibility index (Phi) is 3.41. The molecule has 0 aliphatic heterocycles. The molecule has 0 aliphatic rings. The molecule has 0 saturated carbocycles. The highest BCUT2D eigenvalue weighted by Crippen LogP contribution is 2.13. The van der Waals surface area contributed by atoms with Gasteiger partial charge in [0.25, 0.3) is 0 Å². The molecule has 84 valence electrons. The number of hydrogen-bond acceptors (Lipinski definition) is 3. The first-order valence-corrected chi connectivity index (χ1v) is 6.04. The number of aromatic nitrogens is 1. The maximum absolute atomic E-state index is 11.6. The lowest BCUT2D eigenvalue weighted by Gasteiger charge is -2.06. The molecule has 2 heterocycles. The molecule has 0 aliphatic carbocycles. The van der Waals surface area contributed by atoms with Gasteiger partial charge in [-0.05, 0) is 30.5 Å². The summed E-state index contributed by atoms with van der Waals surface area (Å²) in [6.07, 6.45) is 1.89. The van der Waals surface area contributed by atoms with Crippen molar-refractivity contribution in [3.05, 3.63) is 46.4 Å². The van der Waals surface area contributed by atoms with Crippen LogP contribution in [0.3, 0.4) is 0 Å². The van der Waals surface area contributed by atoms with E-state index < -0.39 is 0 Å². The zero-order valence-corrected chi connectivity index (χ0v) is 9.87. The van der Waals surface area contributed by atoms with E-state index >= 15 is 0 Å². The minimum atomic E-state index is -0.260. The van der Waals surface area contributed by atoms with Gasteiger partial charge >= 0.3 is 5.97 Å². The smallest absolute Gasteiger partial charge is 0.354 e. The number of esters is 1. The van der Waals surface area contributed by atoms with Gasteiger partial charge in [0.15, 0.2) is 0 Å². The van der Waals surface area contributed by atoms with Crippen LogP contribution in [0.15, 0.2) is 35.8 Å². The van der Waals surface area contributed by atoms with E-state index in [4.69, 9.17) is 4.74 Å². The molecule has 0 N–H and O–H groups in total. The van der Waals surface area contributed by atoms with Gasteiger partial charge in [-0.3, -0.25) is 0 Å². The van der Waals surface area contributed by atoms with Gasteiger partial charge in [-0.25, -0.2) is 4.79 Å². The third-order valence-electron chi connectivity index (χ3n) is 2.22. The zero-order chi connectivity index (χ0) is 11.4. The molecule has 0 fully saturated rings. The van der Waals surface area contributed by atoms with E-state index in [1.165, 1.54) is 4.88 Å². The average Bonchev–Trinajstić information content (AvgIpc) is 2.90. The Bertz CT molecular complexity index is 459. The van der Waals surface area contributed by atoms with Crippen LogP contribution in [0, 0.1) is 0 Å². The fourth-order valence-electron chi connectivity index (χ4n) is 1.51. The lowest BCUT2D eigenvalue weighted by molar-refractivity contribution is 0.0514. The van der Waals surface area contributed by atoms with Crippen molar-refractivity contribution < 1.29 is 9.53 Å². The molecule has 2 aromatic heterocycles. The molecule has 3 nitrogen and oxygen atoms in total. The molecule has 0 aromatic carbocycles. The van der Waals surface area contributed by atoms with Gasteiger partial charge in [0.2, 0.25) is 0 Å². The van der Waals surface area contributed by atoms with Gasteiger partial charge < -0.3 is 9.30 Å². The van der Waals surface area contributed by atoms with Gasteiger partial charge in [0.05, 0.1) is 13.2 Å². The van der Waals surface area contributed by atoms with Crippen molar-refractivity contribution in [2.45, 2.75) is 13.5 Å². The molecule has 0 spiro atoms. The van der Waals surface area contributed by atoms with Gasteiger partial charge in [0.1, 0.15) is 5.69 Å². The van der Waals surface area contributed by atoms with Gasteiger partial charge in [-0.1, -0.05) is 6.07 Å². The topological polar surface area (TPSA) is 31.2 Å². The number of ether oxygens (including phenoxy) is 1. The van der Waals surface area contributed by atoms with Crippen LogP contribution < -0.4 is 0 Å². The normalized spacial score (nSPS) is 10.3. The van der Waals surface area contributed by atoms with Crippen LogP contribution in [0.25, 0.3) is 0 Å². The van der Waals surface area contributed by atoms with Crippen molar-refractivity contribution in [1.29, 1.82) is 0 Å². The van der Waals surface area contributed by atoms with Gasteiger partial charge in [0, 0.05) is 11.1 Å². The van der Waals surface area contributed by atoms with Crippen molar-refractivity contribution in [3.8, 4) is 0 Å². The number of nitrogens with zero attached hydrogens (tertiary/aromatic N) is 1. The Hall–Kier alpha value is -1.55. The average molecular weight is 235 g/mol. The Morgan fingerprint density at radius 1 is 1.44 bits per heavy atom. The SMILES string of the molecule is CCOC(=O)c1cccn1Cc1cccs1. The fourth-order valence-corrected chi connectivity index (χ4v) is 2.22. The Labute approximate surface area is 98.3 Å². The quantitative estimate of drug-likeness (QED) is 0.763. The lowest BCUT2D eigenvalue weighted by atomic mass is 10.4. The van der Waals surface area contributed by atoms with Gasteiger partial charge in [-0.2, -0.15) is 0 Å². The third kappa shape index (κ3) is 2.33. The van der Waals surface area contributed by atoms with E-state index in [0.29, 0.717) is 12.3 Å². The zero-order valence-electron chi connectivity index (χ0n) is 9.05. The minimum Gasteiger partial charge on any atom is -0.461 e. The molecule has 4 heteroatoms. The van der Waals surface area contributed by atoms with E-state index in [1.54, 1.807) is 17.4 Å². The van der Waals surface area contributed by atoms with E-state index in [9.17, 15) is 4.79 Å². The molecular weight excluding hydrogens is 222 g/mol. The fraction of sp³-hybridized carbons (Fsp3) is 0.250. The summed E-state index contributed by atoms with van der Waals surface area (Å²) in [5.74, 6) is -0.260. The molecule has 0 bridgehead atoms. The first kappa shape index (κ1) is 11.0. The summed E-state index contributed by atoms with van der Waals surface area (Å²) in [5, 5.41) is 2.03. The van der Waals surface area contributed by atoms with Crippen LogP contribution >= 0.6 is 11.3 Å². The molecule has 16 heavy (non-hydrogen) atoms. The molecule has 0 atom stereocenters. The summed E-state index contributed by atoms with van der Waals surface area (Å²) in [4.78, 5) is 12.8. The maximum Gasteiger partial charge on any atom is 0.354 e. The standard InChI is InChI=1S/C12H13NO2S/c1-2-15-12(14)11-6-3-7-13(11)9-10-5-4-8-16-10/h3-8H,2,9H2,1H3. The second-order valence-corrected chi connectivity index (χ2v) is 4.35. The lowest BCUT2D eigenvalue weighted by Crippen LogP contribution is -2.11. The highest BCUT2D eigenvalue weighted by molar-refractivity contribution is 7.09. The Morgan fingerprint density at radius 3 is 3.00 bits per heavy atom. The Morgan fingerprint density at radius 2 is 2.31 bits per heavy atom. The summed E-state index contributed by atoms with van der Waals surface area (Å²) in [5.41, 5.74) is 0.607. The van der Waals surface area contributed by atoms with E-state index in [0.717, 1.165) is 6.54 Å². The molecule has 0 radical (unpaired) electrons. The van der Waals surface area contributed by atoms with Crippen molar-refractivity contribution in [1.82, 2.24) is 4.57 Å². The summed E-state index contributed by atoms with van der Waals surface area (Å²) in [6, 6.07) is 7.71. The van der Waals surface area contributed by atoms with Gasteiger partial charge in [-0.15, -0.1) is 11.3 Å². The van der Waals surface area contributed by atoms with Crippen molar-refractivity contribution >= 4 is 17.3 Å². The predicted molar refractivity (Wildman–Crippen MR) is 63.8 cm³/mol. The predicted octanol–water partition coefficient (Wildman–Crippen LogP) is 2.77. The number of thiophene rings is 1. The second-order valence-electron chi connectivity index (χ2n) is 3.32. The molecule has 2 aromatic rings. The maximum atomic E-state index is 11.6. The molecular formula is C12H13NO2S. The highest BCUT2D eigenvalue weighted by Gasteiger charge is 2.11. The van der Waals surface area contributed by atoms with Crippen LogP contribution in [0.2, 0.25) is 0 Å². The van der Waals surface area contributed by atoms with Crippen molar-refractivity contribution in [2.24, 2.45) is 0 Å². The summed E-state index contributed by atoms with van der Waals surface area (Å²) in [7, 11) is 0. The van der Waals surface area contributed by atoms with Crippen LogP contribution in [-0.2, 0) is 11.3 Å². The van der Waals surface area contributed by atoms with Crippen molar-refractivity contribution in [3.63, 3.8) is 0 Å². The van der Waals surface area contributed by atoms with Crippen LogP contribution in [-0.4, -0.2) is 17.1 Å². The monoisotopic (exact) mass is 235 g/mol. The van der Waals surface area contributed by atoms with Crippen LogP contribution in [0.1, 0.15) is 22.3 Å².